The van der Waals surface area contributed by atoms with E-state index in [1.54, 1.807) is 0 Å². The highest BCUT2D eigenvalue weighted by molar-refractivity contribution is 7.92. The number of benzene rings is 1. The number of alkyl halides is 2. The number of nitrogens with zero attached hydrogens (tertiary/aromatic N) is 1. The third-order valence-electron chi connectivity index (χ3n) is 6.02. The van der Waals surface area contributed by atoms with Gasteiger partial charge in [0.2, 0.25) is 0 Å². The third-order valence-corrected chi connectivity index (χ3v) is 8.04. The second-order valence-electron chi connectivity index (χ2n) is 8.57. The summed E-state index contributed by atoms with van der Waals surface area (Å²) in [5, 5.41) is 0. The van der Waals surface area contributed by atoms with Crippen molar-refractivity contribution in [3.8, 4) is 16.9 Å². The molecule has 1 N–H and O–H groups in total. The summed E-state index contributed by atoms with van der Waals surface area (Å²) >= 11 is 0. The van der Waals surface area contributed by atoms with Crippen molar-refractivity contribution in [3.05, 3.63) is 52.7 Å². The van der Waals surface area contributed by atoms with Crippen molar-refractivity contribution < 1.29 is 40.7 Å². The van der Waals surface area contributed by atoms with Gasteiger partial charge in [-0.3, -0.25) is 9.59 Å². The lowest BCUT2D eigenvalue weighted by Crippen LogP contribution is -2.51. The lowest BCUT2D eigenvalue weighted by atomic mass is 10.1. The molecular weight excluding hydrogens is 505 g/mol. The third kappa shape index (κ3) is 6.65. The fourth-order valence-electron chi connectivity index (χ4n) is 3.59. The van der Waals surface area contributed by atoms with E-state index in [4.69, 9.17) is 9.57 Å². The molecule has 13 heteroatoms. The van der Waals surface area contributed by atoms with E-state index < -0.39 is 44.8 Å². The van der Waals surface area contributed by atoms with E-state index in [0.717, 1.165) is 35.9 Å². The zero-order valence-electron chi connectivity index (χ0n) is 19.7. The first kappa shape index (κ1) is 27.7. The number of halogens is 3. The molecule has 1 aromatic carbocycles. The maximum Gasteiger partial charge on any atom is 0.387 e. The zero-order chi connectivity index (χ0) is 26.5. The Bertz CT molecular complexity index is 1230. The first-order chi connectivity index (χ1) is 16.9. The number of ether oxygens (including phenoxy) is 2. The zero-order valence-corrected chi connectivity index (χ0v) is 20.5. The molecule has 9 nitrogen and oxygen atoms in total. The predicted molar refractivity (Wildman–Crippen MR) is 123 cm³/mol. The van der Waals surface area contributed by atoms with E-state index in [0.29, 0.717) is 13.0 Å². The average Bonchev–Trinajstić information content (AvgIpc) is 2.82. The monoisotopic (exact) mass is 532 g/mol. The number of amides is 1. The molecule has 1 amide bonds. The van der Waals surface area contributed by atoms with Crippen molar-refractivity contribution in [1.29, 1.82) is 0 Å². The number of hydrogen-bond acceptors (Lipinski definition) is 7. The minimum atomic E-state index is -3.98. The summed E-state index contributed by atoms with van der Waals surface area (Å²) in [6.45, 7) is -1.64. The minimum absolute atomic E-state index is 0.0793. The van der Waals surface area contributed by atoms with Crippen LogP contribution in [0.25, 0.3) is 11.1 Å². The first-order valence-electron chi connectivity index (χ1n) is 11.1. The summed E-state index contributed by atoms with van der Waals surface area (Å²) in [5.41, 5.74) is 1.67. The van der Waals surface area contributed by atoms with Gasteiger partial charge < -0.3 is 14.0 Å². The number of sulfone groups is 1. The van der Waals surface area contributed by atoms with Gasteiger partial charge in [-0.2, -0.15) is 8.78 Å². The summed E-state index contributed by atoms with van der Waals surface area (Å²) in [4.78, 5) is 30.6. The number of nitrogens with one attached hydrogen (secondary N) is 1. The van der Waals surface area contributed by atoms with Crippen molar-refractivity contribution in [2.24, 2.45) is 0 Å². The molecule has 1 aromatic heterocycles. The fraction of sp³-hybridized carbons (Fsp3) is 0.478. The Morgan fingerprint density at radius 3 is 2.56 bits per heavy atom. The smallest absolute Gasteiger partial charge is 0.387 e. The maximum atomic E-state index is 14.8. The Balaban J connectivity index is 1.74. The van der Waals surface area contributed by atoms with E-state index in [-0.39, 0.29) is 29.8 Å². The average molecular weight is 533 g/mol. The molecule has 1 aliphatic heterocycles. The summed E-state index contributed by atoms with van der Waals surface area (Å²) in [5.74, 6) is -1.87. The summed E-state index contributed by atoms with van der Waals surface area (Å²) in [6, 6.07) is 6.06. The molecule has 1 fully saturated rings. The van der Waals surface area contributed by atoms with E-state index in [1.165, 1.54) is 31.2 Å². The van der Waals surface area contributed by atoms with Gasteiger partial charge in [0.15, 0.2) is 20.9 Å². The van der Waals surface area contributed by atoms with E-state index >= 15 is 0 Å². The molecule has 0 radical (unpaired) electrons. The van der Waals surface area contributed by atoms with Crippen molar-refractivity contribution in [2.75, 3.05) is 12.9 Å². The normalized spacial score (nSPS) is 18.0. The van der Waals surface area contributed by atoms with Crippen LogP contribution in [0, 0.1) is 5.82 Å². The van der Waals surface area contributed by atoms with Crippen LogP contribution in [0.1, 0.15) is 32.6 Å². The van der Waals surface area contributed by atoms with Gasteiger partial charge in [-0.15, -0.1) is 0 Å². The molecule has 0 aliphatic carbocycles. The maximum absolute atomic E-state index is 14.8. The fourth-order valence-corrected chi connectivity index (χ4v) is 4.43. The summed E-state index contributed by atoms with van der Waals surface area (Å²) in [7, 11) is -3.98. The molecule has 0 bridgehead atoms. The van der Waals surface area contributed by atoms with Crippen molar-refractivity contribution in [1.82, 2.24) is 10.0 Å². The lowest BCUT2D eigenvalue weighted by molar-refractivity contribution is -0.201. The van der Waals surface area contributed by atoms with Crippen LogP contribution in [-0.2, 0) is 30.8 Å². The van der Waals surface area contributed by atoms with Gasteiger partial charge in [-0.1, -0.05) is 12.1 Å². The van der Waals surface area contributed by atoms with E-state index in [9.17, 15) is 31.2 Å². The number of carbonyl (C=O) groups is 1. The van der Waals surface area contributed by atoms with E-state index in [2.05, 4.69) is 10.2 Å². The van der Waals surface area contributed by atoms with Gasteiger partial charge in [0.25, 0.3) is 11.5 Å². The van der Waals surface area contributed by atoms with Gasteiger partial charge in [0.05, 0.1) is 0 Å². The highest BCUT2D eigenvalue weighted by atomic mass is 32.2. The van der Waals surface area contributed by atoms with Gasteiger partial charge in [-0.25, -0.2) is 23.1 Å². The van der Waals surface area contributed by atoms with Crippen molar-refractivity contribution in [3.63, 3.8) is 0 Å². The predicted octanol–water partition coefficient (Wildman–Crippen LogP) is 3.02. The Labute approximate surface area is 206 Å². The Morgan fingerprint density at radius 1 is 1.28 bits per heavy atom. The van der Waals surface area contributed by atoms with E-state index in [1.807, 2.05) is 0 Å². The highest BCUT2D eigenvalue weighted by Gasteiger charge is 2.44. The van der Waals surface area contributed by atoms with Gasteiger partial charge >= 0.3 is 6.61 Å². The Morgan fingerprint density at radius 2 is 1.97 bits per heavy atom. The van der Waals surface area contributed by atoms with Crippen LogP contribution in [0.15, 0.2) is 41.3 Å². The molecule has 2 heterocycles. The molecule has 0 spiro atoms. The number of hydrogen-bond donors (Lipinski definition) is 1. The highest BCUT2D eigenvalue weighted by Crippen LogP contribution is 2.26. The minimum Gasteiger partial charge on any atom is -0.435 e. The van der Waals surface area contributed by atoms with Crippen LogP contribution in [0.5, 0.6) is 5.75 Å². The lowest BCUT2D eigenvalue weighted by Gasteiger charge is -2.28. The van der Waals surface area contributed by atoms with Crippen LogP contribution in [-0.4, -0.2) is 49.4 Å². The Hall–Kier alpha value is -2.90. The summed E-state index contributed by atoms with van der Waals surface area (Å²) in [6.07, 6.45) is 2.99. The molecule has 2 aromatic rings. The van der Waals surface area contributed by atoms with Crippen molar-refractivity contribution >= 4 is 15.7 Å². The Kier molecular flexibility index (Phi) is 8.80. The molecule has 36 heavy (non-hydrogen) atoms. The van der Waals surface area contributed by atoms with Crippen LogP contribution in [0.3, 0.4) is 0 Å². The van der Waals surface area contributed by atoms with Gasteiger partial charge in [0, 0.05) is 43.7 Å². The quantitative estimate of drug-likeness (QED) is 0.468. The topological polar surface area (TPSA) is 113 Å². The summed E-state index contributed by atoms with van der Waals surface area (Å²) < 4.78 is 73.0. The van der Waals surface area contributed by atoms with Crippen LogP contribution < -0.4 is 15.8 Å². The molecule has 2 atom stereocenters. The standard InChI is InChI=1S/C23H27F3N2O7S/c1-23(36(2,31)32,21(30)27-35-20-5-3-4-12-33-20)10-11-28-14-18(24)17(13-19(28)29)15-6-8-16(9-7-15)34-22(25)26/h6-9,13-14,20,22H,3-5,10-12H2,1-2H3,(H,27,30)/t20?,23-/m1/s1. The van der Waals surface area contributed by atoms with Gasteiger partial charge in [-0.05, 0) is 43.9 Å². The molecule has 0 saturated carbocycles. The molecule has 1 unspecified atom stereocenters. The number of aromatic nitrogens is 1. The molecule has 1 aliphatic rings. The number of rotatable bonds is 10. The number of pyridine rings is 1. The molecule has 198 valence electrons. The number of hydroxylamine groups is 1. The largest absolute Gasteiger partial charge is 0.435 e. The molecular formula is C23H27F3N2O7S. The van der Waals surface area contributed by atoms with Crippen LogP contribution in [0.2, 0.25) is 0 Å². The second kappa shape index (κ2) is 11.4. The van der Waals surface area contributed by atoms with Crippen LogP contribution >= 0.6 is 0 Å². The SMILES string of the molecule is C[C@@](CCn1cc(F)c(-c2ccc(OC(F)F)cc2)cc1=O)(C(=O)NOC1CCCCO1)S(C)(=O)=O. The number of carbonyl (C=O) groups excluding carboxylic acids is 1. The molecule has 3 rings (SSSR count). The second-order valence-corrected chi connectivity index (χ2v) is 11.0. The molecule has 1 saturated heterocycles. The number of aryl methyl sites for hydroxylation is 1. The van der Waals surface area contributed by atoms with Crippen LogP contribution in [0.4, 0.5) is 13.2 Å². The van der Waals surface area contributed by atoms with Gasteiger partial charge in [0.1, 0.15) is 11.6 Å². The first-order valence-corrected chi connectivity index (χ1v) is 13.0. The van der Waals surface area contributed by atoms with Crippen molar-refractivity contribution in [2.45, 2.75) is 56.8 Å².